The summed E-state index contributed by atoms with van der Waals surface area (Å²) in [6.45, 7) is 2.49. The number of hydrogen-bond acceptors (Lipinski definition) is 9. The Labute approximate surface area is 188 Å². The fourth-order valence-electron chi connectivity index (χ4n) is 3.81. The average molecular weight is 477 g/mol. The Balaban J connectivity index is 1.83. The van der Waals surface area contributed by atoms with Gasteiger partial charge in [0.1, 0.15) is 28.1 Å². The molecule has 2 aromatic carbocycles. The molecule has 1 aromatic heterocycles. The van der Waals surface area contributed by atoms with Crippen molar-refractivity contribution in [3.63, 3.8) is 0 Å². The normalized spacial score (nSPS) is 13.9. The van der Waals surface area contributed by atoms with Gasteiger partial charge < -0.3 is 15.4 Å². The molecule has 32 heavy (non-hydrogen) atoms. The molecule has 1 aliphatic heterocycles. The van der Waals surface area contributed by atoms with Crippen molar-refractivity contribution in [3.8, 4) is 16.3 Å². The lowest BCUT2D eigenvalue weighted by Gasteiger charge is -2.26. The lowest BCUT2D eigenvalue weighted by molar-refractivity contribution is 0.112. The van der Waals surface area contributed by atoms with Gasteiger partial charge in [0, 0.05) is 29.5 Å². The highest BCUT2D eigenvalue weighted by molar-refractivity contribution is 7.90. The van der Waals surface area contributed by atoms with Crippen molar-refractivity contribution in [3.05, 3.63) is 46.8 Å². The van der Waals surface area contributed by atoms with Crippen LogP contribution >= 0.6 is 11.3 Å². The summed E-state index contributed by atoms with van der Waals surface area (Å²) < 4.78 is 46.2. The standard InChI is InChI=1S/C21H21FN4O4S2/c1-3-15-14(11-27)9-16(19(18(15)22)32(2,28)29)26-6-7-30-17-5-4-12(8-13(17)10-26)20-24-25-21(23)31-20/h4-5,8-9,11H,3,6-7,10H2,1-2H3,(H2,23,25). The Hall–Kier alpha value is -3.05. The van der Waals surface area contributed by atoms with Gasteiger partial charge in [0.05, 0.1) is 12.2 Å². The first-order valence-electron chi connectivity index (χ1n) is 9.83. The van der Waals surface area contributed by atoms with Crippen molar-refractivity contribution in [2.24, 2.45) is 0 Å². The van der Waals surface area contributed by atoms with Crippen LogP contribution in [0, 0.1) is 5.82 Å². The largest absolute Gasteiger partial charge is 0.491 e. The highest BCUT2D eigenvalue weighted by Crippen LogP contribution is 2.37. The predicted octanol–water partition coefficient (Wildman–Crippen LogP) is 3.10. The number of aromatic nitrogens is 2. The summed E-state index contributed by atoms with van der Waals surface area (Å²) in [5, 5.41) is 8.87. The number of carbonyl (C=O) groups is 1. The first-order chi connectivity index (χ1) is 15.2. The molecule has 0 saturated carbocycles. The highest BCUT2D eigenvalue weighted by Gasteiger charge is 2.28. The summed E-state index contributed by atoms with van der Waals surface area (Å²) in [7, 11) is -3.91. The molecule has 0 unspecified atom stereocenters. The molecule has 168 valence electrons. The number of fused-ring (bicyclic) bond motifs is 1. The summed E-state index contributed by atoms with van der Waals surface area (Å²) in [5.74, 6) is -0.242. The topological polar surface area (TPSA) is 115 Å². The van der Waals surface area contributed by atoms with E-state index in [0.29, 0.717) is 28.7 Å². The monoisotopic (exact) mass is 476 g/mol. The van der Waals surface area contributed by atoms with Crippen molar-refractivity contribution in [2.75, 3.05) is 30.0 Å². The first kappa shape index (κ1) is 22.2. The molecule has 0 saturated heterocycles. The van der Waals surface area contributed by atoms with Gasteiger partial charge in [-0.2, -0.15) is 0 Å². The molecule has 0 bridgehead atoms. The highest BCUT2D eigenvalue weighted by atomic mass is 32.2. The molecule has 4 rings (SSSR count). The van der Waals surface area contributed by atoms with E-state index in [0.717, 1.165) is 17.4 Å². The Morgan fingerprint density at radius 2 is 2.09 bits per heavy atom. The zero-order valence-corrected chi connectivity index (χ0v) is 19.1. The second-order valence-corrected chi connectivity index (χ2v) is 10.3. The van der Waals surface area contributed by atoms with Crippen LogP contribution in [0.1, 0.15) is 28.4 Å². The van der Waals surface area contributed by atoms with Crippen LogP contribution in [0.5, 0.6) is 5.75 Å². The van der Waals surface area contributed by atoms with Crippen LogP contribution in [0.4, 0.5) is 15.2 Å². The Morgan fingerprint density at radius 3 is 2.72 bits per heavy atom. The van der Waals surface area contributed by atoms with Gasteiger partial charge in [-0.15, -0.1) is 10.2 Å². The van der Waals surface area contributed by atoms with Gasteiger partial charge in [0.2, 0.25) is 5.13 Å². The summed E-state index contributed by atoms with van der Waals surface area (Å²) in [6, 6.07) is 6.97. The maximum absolute atomic E-state index is 15.3. The van der Waals surface area contributed by atoms with Crippen molar-refractivity contribution >= 4 is 38.3 Å². The molecule has 0 spiro atoms. The molecule has 2 N–H and O–H groups in total. The van der Waals surface area contributed by atoms with Crippen molar-refractivity contribution in [1.82, 2.24) is 10.2 Å². The van der Waals surface area contributed by atoms with E-state index >= 15 is 4.39 Å². The molecular weight excluding hydrogens is 455 g/mol. The smallest absolute Gasteiger partial charge is 0.203 e. The van der Waals surface area contributed by atoms with Gasteiger partial charge in [-0.1, -0.05) is 18.3 Å². The summed E-state index contributed by atoms with van der Waals surface area (Å²) >= 11 is 1.24. The van der Waals surface area contributed by atoms with Crippen LogP contribution < -0.4 is 15.4 Å². The van der Waals surface area contributed by atoms with Gasteiger partial charge in [0.15, 0.2) is 16.1 Å². The summed E-state index contributed by atoms with van der Waals surface area (Å²) in [5.41, 5.74) is 7.61. The van der Waals surface area contributed by atoms with E-state index in [1.54, 1.807) is 17.9 Å². The summed E-state index contributed by atoms with van der Waals surface area (Å²) in [4.78, 5) is 12.9. The lowest BCUT2D eigenvalue weighted by Crippen LogP contribution is -2.28. The van der Waals surface area contributed by atoms with Crippen LogP contribution in [-0.4, -0.2) is 44.3 Å². The third-order valence-corrected chi connectivity index (χ3v) is 7.19. The third-order valence-electron chi connectivity index (χ3n) is 5.26. The van der Waals surface area contributed by atoms with Gasteiger partial charge in [0.25, 0.3) is 0 Å². The fourth-order valence-corrected chi connectivity index (χ4v) is 5.44. The number of nitrogens with two attached hydrogens (primary N) is 1. The van der Waals surface area contributed by atoms with Gasteiger partial charge >= 0.3 is 0 Å². The Bertz CT molecular complexity index is 1310. The number of nitrogen functional groups attached to an aromatic ring is 1. The van der Waals surface area contributed by atoms with Gasteiger partial charge in [-0.3, -0.25) is 4.79 Å². The molecule has 3 aromatic rings. The number of rotatable bonds is 5. The number of benzene rings is 2. The maximum Gasteiger partial charge on any atom is 0.203 e. The van der Waals surface area contributed by atoms with E-state index in [4.69, 9.17) is 10.5 Å². The van der Waals surface area contributed by atoms with Gasteiger partial charge in [-0.25, -0.2) is 12.8 Å². The minimum absolute atomic E-state index is 0.0896. The minimum atomic E-state index is -3.91. The molecule has 11 heteroatoms. The quantitative estimate of drug-likeness (QED) is 0.559. The molecule has 0 radical (unpaired) electrons. The van der Waals surface area contributed by atoms with E-state index in [2.05, 4.69) is 10.2 Å². The van der Waals surface area contributed by atoms with E-state index < -0.39 is 20.5 Å². The molecule has 8 nitrogen and oxygen atoms in total. The molecule has 0 fully saturated rings. The average Bonchev–Trinajstić information content (AvgIpc) is 3.06. The number of sulfone groups is 1. The molecule has 0 aliphatic carbocycles. The number of halogens is 1. The lowest BCUT2D eigenvalue weighted by atomic mass is 10.0. The maximum atomic E-state index is 15.3. The van der Waals surface area contributed by atoms with E-state index in [1.165, 1.54) is 17.4 Å². The predicted molar refractivity (Wildman–Crippen MR) is 121 cm³/mol. The SMILES string of the molecule is CCc1c(C=O)cc(N2CCOc3ccc(-c4nnc(N)s4)cc3C2)c(S(C)(=O)=O)c1F. The number of aldehydes is 1. The van der Waals surface area contributed by atoms with Crippen LogP contribution in [0.3, 0.4) is 0 Å². The van der Waals surface area contributed by atoms with E-state index in [1.807, 2.05) is 12.1 Å². The molecule has 2 heterocycles. The van der Waals surface area contributed by atoms with Crippen LogP contribution in [0.2, 0.25) is 0 Å². The van der Waals surface area contributed by atoms with Crippen LogP contribution in [0.25, 0.3) is 10.6 Å². The molecule has 0 amide bonds. The first-order valence-corrected chi connectivity index (χ1v) is 12.5. The zero-order valence-electron chi connectivity index (χ0n) is 17.5. The summed E-state index contributed by atoms with van der Waals surface area (Å²) in [6.07, 6.45) is 1.72. The second kappa shape index (κ2) is 8.47. The van der Waals surface area contributed by atoms with Crippen molar-refractivity contribution < 1.29 is 22.3 Å². The van der Waals surface area contributed by atoms with Crippen molar-refractivity contribution in [1.29, 1.82) is 0 Å². The zero-order chi connectivity index (χ0) is 23.0. The molecule has 0 atom stereocenters. The van der Waals surface area contributed by atoms with Gasteiger partial charge in [-0.05, 0) is 36.2 Å². The van der Waals surface area contributed by atoms with Crippen molar-refractivity contribution in [2.45, 2.75) is 24.8 Å². The number of nitrogens with zero attached hydrogens (tertiary/aromatic N) is 3. The van der Waals surface area contributed by atoms with Crippen LogP contribution in [-0.2, 0) is 22.8 Å². The third kappa shape index (κ3) is 4.05. The second-order valence-electron chi connectivity index (χ2n) is 7.39. The molecular formula is C21H21FN4O4S2. The number of anilines is 2. The number of carbonyl (C=O) groups excluding carboxylic acids is 1. The van der Waals surface area contributed by atoms with Crippen LogP contribution in [0.15, 0.2) is 29.2 Å². The van der Waals surface area contributed by atoms with E-state index in [-0.39, 0.29) is 36.4 Å². The molecule has 1 aliphatic rings. The number of hydrogen-bond donors (Lipinski definition) is 1. The number of ether oxygens (including phenoxy) is 1. The Morgan fingerprint density at radius 1 is 1.31 bits per heavy atom. The van der Waals surface area contributed by atoms with E-state index in [9.17, 15) is 13.2 Å². The Kier molecular flexibility index (Phi) is 5.87. The fraction of sp³-hybridized carbons (Fsp3) is 0.286. The minimum Gasteiger partial charge on any atom is -0.491 e.